The van der Waals surface area contributed by atoms with Crippen LogP contribution in [0, 0.1) is 22.9 Å². The maximum absolute atomic E-state index is 12.8. The summed E-state index contributed by atoms with van der Waals surface area (Å²) in [6, 6.07) is 7.82. The minimum atomic E-state index is -3.95. The molecule has 0 aliphatic heterocycles. The lowest BCUT2D eigenvalue weighted by Crippen LogP contribution is -2.26. The predicted molar refractivity (Wildman–Crippen MR) is 88.1 cm³/mol. The third kappa shape index (κ3) is 4.28. The molecule has 0 fully saturated rings. The van der Waals surface area contributed by atoms with E-state index in [-0.39, 0.29) is 33.5 Å². The first-order chi connectivity index (χ1) is 11.2. The third-order valence-electron chi connectivity index (χ3n) is 3.42. The summed E-state index contributed by atoms with van der Waals surface area (Å²) in [4.78, 5) is 10.0. The molecule has 0 aliphatic carbocycles. The summed E-state index contributed by atoms with van der Waals surface area (Å²) in [6.07, 6.45) is 0.348. The van der Waals surface area contributed by atoms with Gasteiger partial charge in [0.15, 0.2) is 0 Å². The molecular formula is C15H14ClFN2O4S. The van der Waals surface area contributed by atoms with E-state index >= 15 is 0 Å². The number of halogens is 2. The normalized spacial score (nSPS) is 11.5. The first-order valence-electron chi connectivity index (χ1n) is 6.89. The Morgan fingerprint density at radius 3 is 2.46 bits per heavy atom. The van der Waals surface area contributed by atoms with E-state index in [1.54, 1.807) is 12.1 Å². The van der Waals surface area contributed by atoms with Crippen molar-refractivity contribution in [2.24, 2.45) is 0 Å². The highest BCUT2D eigenvalue weighted by molar-refractivity contribution is 7.89. The maximum Gasteiger partial charge on any atom is 0.275 e. The van der Waals surface area contributed by atoms with E-state index in [1.807, 2.05) is 0 Å². The standard InChI is InChI=1S/C15H14ClFN2O4S/c1-10-14(16)8-13(9-15(10)19(20)21)24(22,23)18-7-6-11-2-4-12(17)5-3-11/h2-5,8-9,18H,6-7H2,1H3. The summed E-state index contributed by atoms with van der Waals surface area (Å²) in [7, 11) is -3.95. The van der Waals surface area contributed by atoms with E-state index < -0.39 is 14.9 Å². The van der Waals surface area contributed by atoms with Crippen molar-refractivity contribution >= 4 is 27.3 Å². The molecule has 0 aromatic heterocycles. The molecule has 0 radical (unpaired) electrons. The summed E-state index contributed by atoms with van der Waals surface area (Å²) in [5.41, 5.74) is 0.598. The number of hydrogen-bond acceptors (Lipinski definition) is 4. The number of nitrogens with zero attached hydrogens (tertiary/aromatic N) is 1. The first-order valence-corrected chi connectivity index (χ1v) is 8.75. The second-order valence-electron chi connectivity index (χ2n) is 5.08. The van der Waals surface area contributed by atoms with Crippen LogP contribution in [0.25, 0.3) is 0 Å². The molecule has 24 heavy (non-hydrogen) atoms. The maximum atomic E-state index is 12.8. The number of hydrogen-bond donors (Lipinski definition) is 1. The zero-order valence-corrected chi connectivity index (χ0v) is 14.2. The van der Waals surface area contributed by atoms with Crippen molar-refractivity contribution in [2.45, 2.75) is 18.2 Å². The molecule has 2 aromatic rings. The molecule has 0 bridgehead atoms. The molecule has 0 spiro atoms. The van der Waals surface area contributed by atoms with Gasteiger partial charge >= 0.3 is 0 Å². The fraction of sp³-hybridized carbons (Fsp3) is 0.200. The van der Waals surface area contributed by atoms with Gasteiger partial charge in [0.1, 0.15) is 5.82 Å². The van der Waals surface area contributed by atoms with E-state index in [1.165, 1.54) is 25.1 Å². The smallest absolute Gasteiger partial charge is 0.258 e. The largest absolute Gasteiger partial charge is 0.275 e. The SMILES string of the molecule is Cc1c(Cl)cc(S(=O)(=O)NCCc2ccc(F)cc2)cc1[N+](=O)[O-]. The van der Waals surface area contributed by atoms with Gasteiger partial charge in [0.05, 0.1) is 14.8 Å². The van der Waals surface area contributed by atoms with Gasteiger partial charge in [0.25, 0.3) is 5.69 Å². The Morgan fingerprint density at radius 2 is 1.88 bits per heavy atom. The lowest BCUT2D eigenvalue weighted by Gasteiger charge is -2.09. The molecule has 1 N–H and O–H groups in total. The van der Waals surface area contributed by atoms with E-state index in [2.05, 4.69) is 4.72 Å². The molecule has 0 atom stereocenters. The molecule has 6 nitrogen and oxygen atoms in total. The second-order valence-corrected chi connectivity index (χ2v) is 7.25. The van der Waals surface area contributed by atoms with Crippen LogP contribution in [0.3, 0.4) is 0 Å². The molecule has 0 saturated carbocycles. The molecular weight excluding hydrogens is 359 g/mol. The quantitative estimate of drug-likeness (QED) is 0.622. The molecule has 0 heterocycles. The van der Waals surface area contributed by atoms with Gasteiger partial charge in [0.2, 0.25) is 10.0 Å². The molecule has 2 rings (SSSR count). The average molecular weight is 373 g/mol. The van der Waals surface area contributed by atoms with Gasteiger partial charge in [-0.05, 0) is 37.1 Å². The first kappa shape index (κ1) is 18.3. The molecule has 128 valence electrons. The lowest BCUT2D eigenvalue weighted by atomic mass is 10.1. The van der Waals surface area contributed by atoms with Crippen molar-refractivity contribution in [1.82, 2.24) is 4.72 Å². The van der Waals surface area contributed by atoms with Gasteiger partial charge in [-0.25, -0.2) is 17.5 Å². The fourth-order valence-corrected chi connectivity index (χ4v) is 3.41. The molecule has 0 unspecified atom stereocenters. The van der Waals surface area contributed by atoms with Crippen LogP contribution < -0.4 is 4.72 Å². The summed E-state index contributed by atoms with van der Waals surface area (Å²) in [5, 5.41) is 11.0. The Hall–Kier alpha value is -2.03. The van der Waals surface area contributed by atoms with Crippen LogP contribution in [0.1, 0.15) is 11.1 Å². The number of nitrogens with one attached hydrogen (secondary N) is 1. The summed E-state index contributed by atoms with van der Waals surface area (Å²) in [5.74, 6) is -0.374. The fourth-order valence-electron chi connectivity index (χ4n) is 2.05. The monoisotopic (exact) mass is 372 g/mol. The number of sulfonamides is 1. The summed E-state index contributed by atoms with van der Waals surface area (Å²) >= 11 is 5.88. The number of rotatable bonds is 6. The van der Waals surface area contributed by atoms with Gasteiger partial charge in [-0.2, -0.15) is 0 Å². The molecule has 9 heteroatoms. The predicted octanol–water partition coefficient (Wildman–Crippen LogP) is 3.22. The van der Waals surface area contributed by atoms with E-state index in [0.29, 0.717) is 6.42 Å². The van der Waals surface area contributed by atoms with Crippen molar-refractivity contribution in [3.63, 3.8) is 0 Å². The minimum absolute atomic E-state index is 0.00288. The van der Waals surface area contributed by atoms with Crippen LogP contribution in [0.4, 0.5) is 10.1 Å². The number of nitro groups is 1. The third-order valence-corrected chi connectivity index (χ3v) is 5.25. The highest BCUT2D eigenvalue weighted by Crippen LogP contribution is 2.29. The number of nitro benzene ring substituents is 1. The minimum Gasteiger partial charge on any atom is -0.258 e. The number of benzene rings is 2. The van der Waals surface area contributed by atoms with Crippen LogP contribution in [-0.2, 0) is 16.4 Å². The van der Waals surface area contributed by atoms with E-state index in [9.17, 15) is 22.9 Å². The van der Waals surface area contributed by atoms with Crippen molar-refractivity contribution in [2.75, 3.05) is 6.54 Å². The Balaban J connectivity index is 2.15. The van der Waals surface area contributed by atoms with Gasteiger partial charge in [-0.15, -0.1) is 0 Å². The molecule has 0 aliphatic rings. The Morgan fingerprint density at radius 1 is 1.25 bits per heavy atom. The lowest BCUT2D eigenvalue weighted by molar-refractivity contribution is -0.385. The zero-order chi connectivity index (χ0) is 17.9. The van der Waals surface area contributed by atoms with E-state index in [0.717, 1.165) is 11.6 Å². The second kappa shape index (κ2) is 7.25. The van der Waals surface area contributed by atoms with Crippen LogP contribution in [0.15, 0.2) is 41.3 Å². The van der Waals surface area contributed by atoms with Crippen molar-refractivity contribution < 1.29 is 17.7 Å². The Labute approximate surface area is 143 Å². The Bertz CT molecular complexity index is 870. The van der Waals surface area contributed by atoms with Gasteiger partial charge in [0, 0.05) is 18.2 Å². The zero-order valence-electron chi connectivity index (χ0n) is 12.6. The van der Waals surface area contributed by atoms with Gasteiger partial charge < -0.3 is 0 Å². The Kier molecular flexibility index (Phi) is 5.53. The van der Waals surface area contributed by atoms with Crippen molar-refractivity contribution in [3.05, 3.63) is 68.5 Å². The summed E-state index contributed by atoms with van der Waals surface area (Å²) in [6.45, 7) is 1.51. The molecule has 0 amide bonds. The van der Waals surface area contributed by atoms with Crippen LogP contribution in [0.5, 0.6) is 0 Å². The van der Waals surface area contributed by atoms with Gasteiger partial charge in [-0.1, -0.05) is 23.7 Å². The van der Waals surface area contributed by atoms with E-state index in [4.69, 9.17) is 11.6 Å². The average Bonchev–Trinajstić information content (AvgIpc) is 2.51. The summed E-state index contributed by atoms with van der Waals surface area (Å²) < 4.78 is 39.7. The van der Waals surface area contributed by atoms with Crippen LogP contribution in [-0.4, -0.2) is 19.9 Å². The van der Waals surface area contributed by atoms with Crippen LogP contribution in [0.2, 0.25) is 5.02 Å². The highest BCUT2D eigenvalue weighted by Gasteiger charge is 2.22. The molecule has 2 aromatic carbocycles. The van der Waals surface area contributed by atoms with Crippen molar-refractivity contribution in [1.29, 1.82) is 0 Å². The molecule has 0 saturated heterocycles. The highest BCUT2D eigenvalue weighted by atomic mass is 35.5. The van der Waals surface area contributed by atoms with Crippen LogP contribution >= 0.6 is 11.6 Å². The topological polar surface area (TPSA) is 89.3 Å². The van der Waals surface area contributed by atoms with Gasteiger partial charge in [-0.3, -0.25) is 10.1 Å². The van der Waals surface area contributed by atoms with Crippen molar-refractivity contribution in [3.8, 4) is 0 Å².